The summed E-state index contributed by atoms with van der Waals surface area (Å²) in [7, 11) is 0. The van der Waals surface area contributed by atoms with Crippen LogP contribution in [0.1, 0.15) is 40.5 Å². The summed E-state index contributed by atoms with van der Waals surface area (Å²) in [5.74, 6) is 2.00. The summed E-state index contributed by atoms with van der Waals surface area (Å²) >= 11 is 0. The largest absolute Gasteiger partial charge is 0.611 e. The molecule has 2 saturated heterocycles. The number of allylic oxidation sites excluding steroid dienone is 1. The van der Waals surface area contributed by atoms with Crippen molar-refractivity contribution in [3.8, 4) is 0 Å². The van der Waals surface area contributed by atoms with Gasteiger partial charge in [-0.15, -0.1) is 12.1 Å². The summed E-state index contributed by atoms with van der Waals surface area (Å²) in [6.07, 6.45) is 4.00. The number of Topliss-reactive ketones (excluding diaryl/α,β-unsaturated/α-hetero) is 1. The number of hydrogen-bond acceptors (Lipinski definition) is 4. The Labute approximate surface area is 143 Å². The molecule has 24 heavy (non-hydrogen) atoms. The van der Waals surface area contributed by atoms with E-state index < -0.39 is 18.6 Å². The van der Waals surface area contributed by atoms with Gasteiger partial charge in [-0.3, -0.25) is 9.59 Å². The fourth-order valence-electron chi connectivity index (χ4n) is 6.54. The van der Waals surface area contributed by atoms with Crippen LogP contribution in [0, 0.1) is 29.1 Å². The predicted molar refractivity (Wildman–Crippen MR) is 90.3 cm³/mol. The first kappa shape index (κ1) is 16.3. The van der Waals surface area contributed by atoms with Crippen LogP contribution in [0.5, 0.6) is 0 Å². The van der Waals surface area contributed by atoms with E-state index in [2.05, 4.69) is 20.8 Å². The first-order chi connectivity index (χ1) is 11.2. The molecule has 0 aromatic heterocycles. The average Bonchev–Trinajstić information content (AvgIpc) is 2.82. The molecule has 2 heterocycles. The van der Waals surface area contributed by atoms with Crippen LogP contribution in [0.2, 0.25) is 0 Å². The molecule has 0 spiro atoms. The number of rotatable bonds is 2. The standard InChI is InChI=1S/C18H28BNO4/c1-5-6-19(23)20(9-13(16(21)10-20)17(22)24-19)15-8-12-7-14(11(15)2)18(12,3)4/h5-6,11-15,23H,7-10H2,1-4H3/t11-,12+,13?,14?,15?,19?,20-/m1/s1. The van der Waals surface area contributed by atoms with Crippen LogP contribution in [-0.2, 0) is 14.2 Å². The van der Waals surface area contributed by atoms with Gasteiger partial charge >= 0.3 is 6.69 Å². The molecule has 0 amide bonds. The minimum Gasteiger partial charge on any atom is -0.611 e. The molecule has 3 saturated carbocycles. The Morgan fingerprint density at radius 2 is 2.04 bits per heavy atom. The van der Waals surface area contributed by atoms with Gasteiger partial charge in [-0.25, -0.2) is 0 Å². The number of fused-ring (bicyclic) bond motifs is 5. The zero-order valence-corrected chi connectivity index (χ0v) is 15.1. The fraction of sp³-hybridized carbons (Fsp3) is 0.778. The molecule has 5 nitrogen and oxygen atoms in total. The maximum Gasteiger partial charge on any atom is 0.548 e. The molecule has 4 bridgehead atoms. The van der Waals surface area contributed by atoms with Gasteiger partial charge in [0.1, 0.15) is 6.54 Å². The van der Waals surface area contributed by atoms with E-state index in [4.69, 9.17) is 4.65 Å². The van der Waals surface area contributed by atoms with E-state index in [1.165, 1.54) is 6.42 Å². The van der Waals surface area contributed by atoms with Gasteiger partial charge in [0.15, 0.2) is 5.92 Å². The number of ketones is 1. The second kappa shape index (κ2) is 4.73. The Hall–Kier alpha value is -1.14. The minimum atomic E-state index is -2.50. The van der Waals surface area contributed by atoms with E-state index >= 15 is 0 Å². The van der Waals surface area contributed by atoms with Crippen molar-refractivity contribution in [3.05, 3.63) is 12.1 Å². The van der Waals surface area contributed by atoms with Gasteiger partial charge in [-0.2, -0.15) is 0 Å². The van der Waals surface area contributed by atoms with Gasteiger partial charge in [0.05, 0.1) is 12.6 Å². The topological polar surface area (TPSA) is 63.6 Å². The molecule has 7 atom stereocenters. The summed E-state index contributed by atoms with van der Waals surface area (Å²) in [4.78, 5) is 24.7. The van der Waals surface area contributed by atoms with Crippen LogP contribution in [-0.4, -0.2) is 47.0 Å². The van der Waals surface area contributed by atoms with Crippen molar-refractivity contribution >= 4 is 18.4 Å². The molecule has 5 fully saturated rings. The Morgan fingerprint density at radius 3 is 2.62 bits per heavy atom. The van der Waals surface area contributed by atoms with E-state index in [-0.39, 0.29) is 22.8 Å². The lowest BCUT2D eigenvalue weighted by molar-refractivity contribution is -0.870. The molecule has 1 N–H and O–H groups in total. The predicted octanol–water partition coefficient (Wildman–Crippen LogP) is 1.68. The van der Waals surface area contributed by atoms with Crippen molar-refractivity contribution in [2.75, 3.05) is 13.1 Å². The molecule has 5 aliphatic rings. The van der Waals surface area contributed by atoms with E-state index in [1.807, 2.05) is 6.92 Å². The average molecular weight is 333 g/mol. The minimum absolute atomic E-state index is 0.0620. The highest BCUT2D eigenvalue weighted by Crippen LogP contribution is 2.63. The number of quaternary nitrogens is 1. The van der Waals surface area contributed by atoms with Gasteiger partial charge in [0.2, 0.25) is 5.78 Å². The normalized spacial score (nSPS) is 52.3. The number of hydrogen-bond donors (Lipinski definition) is 1. The van der Waals surface area contributed by atoms with Crippen molar-refractivity contribution in [3.63, 3.8) is 0 Å². The van der Waals surface area contributed by atoms with Crippen LogP contribution >= 0.6 is 0 Å². The van der Waals surface area contributed by atoms with Crippen molar-refractivity contribution in [1.82, 2.24) is 0 Å². The molecule has 0 aromatic carbocycles. The summed E-state index contributed by atoms with van der Waals surface area (Å²) < 4.78 is 5.78. The smallest absolute Gasteiger partial charge is 0.548 e. The highest BCUT2D eigenvalue weighted by molar-refractivity contribution is 6.66. The van der Waals surface area contributed by atoms with E-state index in [0.29, 0.717) is 29.7 Å². The summed E-state index contributed by atoms with van der Waals surface area (Å²) in [5.41, 5.74) is 0.343. The lowest BCUT2D eigenvalue weighted by Gasteiger charge is -2.68. The van der Waals surface area contributed by atoms with Crippen LogP contribution in [0.25, 0.3) is 0 Å². The first-order valence-corrected chi connectivity index (χ1v) is 9.29. The second-order valence-corrected chi connectivity index (χ2v) is 9.21. The maximum atomic E-state index is 12.5. The van der Waals surface area contributed by atoms with Gasteiger partial charge in [-0.1, -0.05) is 20.8 Å². The zero-order chi connectivity index (χ0) is 17.5. The SMILES string of the molecule is CC=C[B-]1(O)OC(=O)C2C[N@+]1(C1C[C@@H]3CC([C@H]1C)C3(C)C)CC2=O. The van der Waals surface area contributed by atoms with Gasteiger partial charge in [0.25, 0.3) is 5.97 Å². The fourth-order valence-corrected chi connectivity index (χ4v) is 6.54. The van der Waals surface area contributed by atoms with Crippen molar-refractivity contribution in [1.29, 1.82) is 0 Å². The molecule has 5 rings (SSSR count). The quantitative estimate of drug-likeness (QED) is 0.617. The zero-order valence-electron chi connectivity index (χ0n) is 15.1. The molecule has 6 heteroatoms. The lowest BCUT2D eigenvalue weighted by atomic mass is 9.43. The third-order valence-electron chi connectivity index (χ3n) is 8.09. The Kier molecular flexibility index (Phi) is 3.22. The molecular weight excluding hydrogens is 305 g/mol. The molecule has 2 aliphatic heterocycles. The van der Waals surface area contributed by atoms with Crippen LogP contribution < -0.4 is 0 Å². The van der Waals surface area contributed by atoms with E-state index in [1.54, 1.807) is 12.1 Å². The molecular formula is C18H28BNO4. The first-order valence-electron chi connectivity index (χ1n) is 9.29. The third-order valence-corrected chi connectivity index (χ3v) is 8.09. The van der Waals surface area contributed by atoms with Gasteiger partial charge in [-0.05, 0) is 37.0 Å². The summed E-state index contributed by atoms with van der Waals surface area (Å²) in [6, 6.07) is 0.185. The maximum absolute atomic E-state index is 12.5. The number of carbonyl (C=O) groups excluding carboxylic acids is 2. The number of nitrogens with zero attached hydrogens (tertiary/aromatic N) is 1. The summed E-state index contributed by atoms with van der Waals surface area (Å²) in [6.45, 7) is 6.90. The Balaban J connectivity index is 1.77. The molecule has 4 unspecified atom stereocenters. The monoisotopic (exact) mass is 333 g/mol. The van der Waals surface area contributed by atoms with Gasteiger partial charge in [0, 0.05) is 5.92 Å². The lowest BCUT2D eigenvalue weighted by Crippen LogP contribution is -2.79. The van der Waals surface area contributed by atoms with Gasteiger partial charge < -0.3 is 14.1 Å². The highest BCUT2D eigenvalue weighted by Gasteiger charge is 2.69. The summed E-state index contributed by atoms with van der Waals surface area (Å²) in [5, 5.41) is 11.4. The Morgan fingerprint density at radius 1 is 1.33 bits per heavy atom. The van der Waals surface area contributed by atoms with E-state index in [9.17, 15) is 14.6 Å². The van der Waals surface area contributed by atoms with Crippen LogP contribution in [0.3, 0.4) is 0 Å². The number of carbonyl (C=O) groups is 2. The van der Waals surface area contributed by atoms with Crippen LogP contribution in [0.15, 0.2) is 12.1 Å². The molecule has 3 aliphatic carbocycles. The van der Waals surface area contributed by atoms with Crippen molar-refractivity contribution in [2.24, 2.45) is 29.1 Å². The second-order valence-electron chi connectivity index (χ2n) is 9.21. The Bertz CT molecular complexity index is 647. The highest BCUT2D eigenvalue weighted by atomic mass is 16.6. The van der Waals surface area contributed by atoms with Crippen molar-refractivity contribution in [2.45, 2.75) is 46.6 Å². The van der Waals surface area contributed by atoms with Crippen molar-refractivity contribution < 1.29 is 23.7 Å². The third kappa shape index (κ3) is 1.74. The molecule has 0 radical (unpaired) electrons. The molecule has 0 aromatic rings. The van der Waals surface area contributed by atoms with E-state index in [0.717, 1.165) is 6.42 Å². The van der Waals surface area contributed by atoms with Crippen LogP contribution in [0.4, 0.5) is 0 Å². The molecule has 132 valence electrons.